The van der Waals surface area contributed by atoms with Gasteiger partial charge in [-0.1, -0.05) is 325 Å². The van der Waals surface area contributed by atoms with Crippen molar-refractivity contribution in [2.75, 3.05) is 39.6 Å². The van der Waals surface area contributed by atoms with Crippen molar-refractivity contribution in [3.05, 3.63) is 0 Å². The van der Waals surface area contributed by atoms with Crippen molar-refractivity contribution in [3.63, 3.8) is 0 Å². The SMILES string of the molecule is CCC(C)CCCCCCCCC(=O)OC[C@H](COP(=O)(O)OC[C@H](O)COP(=O)(O)OC[C@@H](COC(=O)CCCCCCCCCCCCCCCCC(C)C)OC(=O)CCCCCCCCCCCCC(C)C)OC(=O)CCCCCCCCCCCCCC(C)C. The van der Waals surface area contributed by atoms with Gasteiger partial charge < -0.3 is 33.8 Å². The van der Waals surface area contributed by atoms with Crippen LogP contribution in [-0.4, -0.2) is 96.7 Å². The molecule has 0 heterocycles. The molecule has 0 amide bonds. The molecule has 3 N–H and O–H groups in total. The molecule has 3 unspecified atom stereocenters. The van der Waals surface area contributed by atoms with E-state index in [2.05, 4.69) is 55.4 Å². The first kappa shape index (κ1) is 92.1. The first-order valence-corrected chi connectivity index (χ1v) is 41.7. The summed E-state index contributed by atoms with van der Waals surface area (Å²) in [6, 6.07) is 0. The average Bonchev–Trinajstić information content (AvgIpc) is 2.82. The van der Waals surface area contributed by atoms with E-state index in [1.54, 1.807) is 0 Å². The Bertz CT molecular complexity index is 1850. The Kier molecular flexibility index (Phi) is 63.1. The fourth-order valence-corrected chi connectivity index (χ4v) is 12.9. The fourth-order valence-electron chi connectivity index (χ4n) is 11.3. The lowest BCUT2D eigenvalue weighted by molar-refractivity contribution is -0.161. The van der Waals surface area contributed by atoms with E-state index >= 15 is 0 Å². The molecule has 0 aromatic rings. The summed E-state index contributed by atoms with van der Waals surface area (Å²) in [5.74, 6) is 0.924. The molecule has 0 aromatic carbocycles. The molecule has 94 heavy (non-hydrogen) atoms. The van der Waals surface area contributed by atoms with E-state index in [0.717, 1.165) is 120 Å². The van der Waals surface area contributed by atoms with E-state index in [0.29, 0.717) is 25.7 Å². The van der Waals surface area contributed by atoms with Crippen molar-refractivity contribution < 1.29 is 80.2 Å². The maximum absolute atomic E-state index is 13.1. The molecule has 0 aliphatic heterocycles. The highest BCUT2D eigenvalue weighted by molar-refractivity contribution is 7.47. The van der Waals surface area contributed by atoms with Gasteiger partial charge in [0.25, 0.3) is 0 Å². The maximum atomic E-state index is 13.1. The van der Waals surface area contributed by atoms with Crippen LogP contribution < -0.4 is 0 Å². The van der Waals surface area contributed by atoms with E-state index in [1.165, 1.54) is 173 Å². The smallest absolute Gasteiger partial charge is 0.462 e. The number of phosphoric ester groups is 2. The predicted molar refractivity (Wildman–Crippen MR) is 381 cm³/mol. The lowest BCUT2D eigenvalue weighted by Crippen LogP contribution is -2.30. The van der Waals surface area contributed by atoms with Gasteiger partial charge in [0, 0.05) is 25.7 Å². The molecule has 0 saturated carbocycles. The van der Waals surface area contributed by atoms with Crippen molar-refractivity contribution in [1.82, 2.24) is 0 Å². The van der Waals surface area contributed by atoms with Crippen LogP contribution in [-0.2, 0) is 65.4 Å². The fraction of sp³-hybridized carbons (Fsp3) is 0.947. The zero-order chi connectivity index (χ0) is 69.6. The molecule has 0 radical (unpaired) electrons. The van der Waals surface area contributed by atoms with E-state index in [9.17, 15) is 43.2 Å². The van der Waals surface area contributed by atoms with E-state index in [-0.39, 0.29) is 25.7 Å². The number of aliphatic hydroxyl groups is 1. The highest BCUT2D eigenvalue weighted by Gasteiger charge is 2.30. The van der Waals surface area contributed by atoms with Crippen LogP contribution in [0.2, 0.25) is 0 Å². The number of unbranched alkanes of at least 4 members (excludes halogenated alkanes) is 37. The number of hydrogen-bond acceptors (Lipinski definition) is 15. The van der Waals surface area contributed by atoms with E-state index in [4.69, 9.17) is 37.0 Å². The zero-order valence-electron chi connectivity index (χ0n) is 61.6. The van der Waals surface area contributed by atoms with Crippen molar-refractivity contribution in [2.24, 2.45) is 23.7 Å². The molecule has 0 rings (SSSR count). The number of esters is 4. The lowest BCUT2D eigenvalue weighted by Gasteiger charge is -2.21. The average molecular weight is 1380 g/mol. The van der Waals surface area contributed by atoms with Crippen molar-refractivity contribution in [3.8, 4) is 0 Å². The molecule has 0 fully saturated rings. The van der Waals surface area contributed by atoms with Gasteiger partial charge in [0.1, 0.15) is 19.3 Å². The van der Waals surface area contributed by atoms with Gasteiger partial charge in [-0.25, -0.2) is 9.13 Å². The van der Waals surface area contributed by atoms with Gasteiger partial charge in [0.05, 0.1) is 26.4 Å². The molecule has 6 atom stereocenters. The standard InChI is InChI=1S/C75H146O17P2/c1-9-68(8)54-46-38-33-34-40-48-56-73(78)86-62-71(92-74(79)57-49-41-31-25-18-14-16-22-28-36-44-52-66(4)5)64-90-94(83,84)88-60-69(76)59-87-93(81,82)89-63-70(91-75(80)58-50-42-32-26-20-19-23-29-37-45-53-67(6)7)61-85-72(77)55-47-39-30-24-17-13-11-10-12-15-21-27-35-43-51-65(2)3/h65-71,76H,9-64H2,1-8H3,(H,81,82)(H,83,84)/t68?,69-,70-,71-/m1/s1. The second-order valence-electron chi connectivity index (χ2n) is 28.7. The van der Waals surface area contributed by atoms with Crippen LogP contribution in [0.1, 0.15) is 376 Å². The van der Waals surface area contributed by atoms with Crippen molar-refractivity contribution in [1.29, 1.82) is 0 Å². The summed E-state index contributed by atoms with van der Waals surface area (Å²) in [6.45, 7) is 14.2. The second kappa shape index (κ2) is 64.4. The normalized spacial score (nSPS) is 14.4. The van der Waals surface area contributed by atoms with Crippen LogP contribution in [0, 0.1) is 23.7 Å². The number of rotatable bonds is 72. The quantitative estimate of drug-likeness (QED) is 0.0222. The summed E-state index contributed by atoms with van der Waals surface area (Å²) in [4.78, 5) is 72.8. The second-order valence-corrected chi connectivity index (χ2v) is 31.6. The lowest BCUT2D eigenvalue weighted by atomic mass is 10.00. The molecule has 0 aliphatic carbocycles. The van der Waals surface area contributed by atoms with Crippen LogP contribution in [0.5, 0.6) is 0 Å². The monoisotopic (exact) mass is 1380 g/mol. The Morgan fingerprint density at radius 2 is 0.511 bits per heavy atom. The molecule has 558 valence electrons. The molecule has 17 nitrogen and oxygen atoms in total. The molecular weight excluding hydrogens is 1230 g/mol. The molecule has 19 heteroatoms. The van der Waals surface area contributed by atoms with Gasteiger partial charge in [0.2, 0.25) is 0 Å². The van der Waals surface area contributed by atoms with Gasteiger partial charge in [-0.2, -0.15) is 0 Å². The minimum Gasteiger partial charge on any atom is -0.462 e. The molecule has 0 spiro atoms. The molecular formula is C75H146O17P2. The number of aliphatic hydroxyl groups excluding tert-OH is 1. The van der Waals surface area contributed by atoms with Gasteiger partial charge in [-0.3, -0.25) is 37.3 Å². The summed E-state index contributed by atoms with van der Waals surface area (Å²) in [6.07, 6.45) is 48.6. The maximum Gasteiger partial charge on any atom is 0.472 e. The predicted octanol–water partition coefficient (Wildman–Crippen LogP) is 21.7. The summed E-state index contributed by atoms with van der Waals surface area (Å²) >= 11 is 0. The van der Waals surface area contributed by atoms with Crippen LogP contribution >= 0.6 is 15.6 Å². The number of carbonyl (C=O) groups excluding carboxylic acids is 4. The van der Waals surface area contributed by atoms with Crippen molar-refractivity contribution >= 4 is 39.5 Å². The van der Waals surface area contributed by atoms with E-state index in [1.807, 2.05) is 0 Å². The number of phosphoric acid groups is 2. The highest BCUT2D eigenvalue weighted by Crippen LogP contribution is 2.45. The van der Waals surface area contributed by atoms with Crippen LogP contribution in [0.3, 0.4) is 0 Å². The van der Waals surface area contributed by atoms with Crippen LogP contribution in [0.15, 0.2) is 0 Å². The van der Waals surface area contributed by atoms with Gasteiger partial charge in [-0.05, 0) is 49.4 Å². The Morgan fingerprint density at radius 3 is 0.755 bits per heavy atom. The molecule has 0 bridgehead atoms. The largest absolute Gasteiger partial charge is 0.472 e. The topological polar surface area (TPSA) is 237 Å². The Labute approximate surface area is 575 Å². The van der Waals surface area contributed by atoms with Crippen LogP contribution in [0.25, 0.3) is 0 Å². The summed E-state index contributed by atoms with van der Waals surface area (Å²) < 4.78 is 68.5. The molecule has 0 saturated heterocycles. The molecule has 0 aliphatic rings. The minimum atomic E-state index is -4.96. The number of hydrogen-bond donors (Lipinski definition) is 3. The zero-order valence-corrected chi connectivity index (χ0v) is 63.4. The van der Waals surface area contributed by atoms with Crippen LogP contribution in [0.4, 0.5) is 0 Å². The summed E-state index contributed by atoms with van der Waals surface area (Å²) in [5.41, 5.74) is 0. The van der Waals surface area contributed by atoms with E-state index < -0.39 is 97.5 Å². The third kappa shape index (κ3) is 67.3. The van der Waals surface area contributed by atoms with Gasteiger partial charge >= 0.3 is 39.5 Å². The highest BCUT2D eigenvalue weighted by atomic mass is 31.2. The summed E-state index contributed by atoms with van der Waals surface area (Å²) in [5, 5.41) is 10.6. The Morgan fingerprint density at radius 1 is 0.298 bits per heavy atom. The third-order valence-electron chi connectivity index (χ3n) is 17.7. The van der Waals surface area contributed by atoms with Gasteiger partial charge in [0.15, 0.2) is 12.2 Å². The Hall–Kier alpha value is -1.94. The van der Waals surface area contributed by atoms with Gasteiger partial charge in [-0.15, -0.1) is 0 Å². The third-order valence-corrected chi connectivity index (χ3v) is 19.6. The first-order valence-electron chi connectivity index (χ1n) is 38.7. The summed E-state index contributed by atoms with van der Waals surface area (Å²) in [7, 11) is -9.91. The number of carbonyl (C=O) groups is 4. The first-order chi connectivity index (χ1) is 45.1. The number of ether oxygens (including phenoxy) is 4. The molecule has 0 aromatic heterocycles. The van der Waals surface area contributed by atoms with Crippen molar-refractivity contribution in [2.45, 2.75) is 395 Å². The minimum absolute atomic E-state index is 0.105. The Balaban J connectivity index is 5.25.